The molecule has 1 saturated heterocycles. The molecule has 1 N–H and O–H groups in total. The summed E-state index contributed by atoms with van der Waals surface area (Å²) in [7, 11) is 2.08. The van der Waals surface area contributed by atoms with Crippen molar-refractivity contribution in [1.29, 1.82) is 0 Å². The molecule has 1 aliphatic heterocycles. The molecule has 0 aromatic carbocycles. The van der Waals surface area contributed by atoms with Crippen LogP contribution < -0.4 is 5.32 Å². The lowest BCUT2D eigenvalue weighted by atomic mass is 9.79. The third kappa shape index (κ3) is 2.29. The molecule has 2 heteroatoms. The quantitative estimate of drug-likeness (QED) is 0.747. The van der Waals surface area contributed by atoms with E-state index < -0.39 is 0 Å². The molecule has 1 heterocycles. The monoisotopic (exact) mass is 197 g/mol. The molecule has 14 heavy (non-hydrogen) atoms. The summed E-state index contributed by atoms with van der Waals surface area (Å²) in [5, 5.41) is 3.35. The van der Waals surface area contributed by atoms with Crippen molar-refractivity contribution in [2.45, 2.75) is 32.1 Å². The molecular weight excluding hydrogens is 174 g/mol. The molecule has 1 saturated carbocycles. The van der Waals surface area contributed by atoms with Crippen LogP contribution in [0.25, 0.3) is 0 Å². The van der Waals surface area contributed by atoms with Gasteiger partial charge in [0.25, 0.3) is 0 Å². The highest BCUT2D eigenvalue weighted by Crippen LogP contribution is 2.40. The largest absolute Gasteiger partial charge is 0.381 e. The highest BCUT2D eigenvalue weighted by atomic mass is 16.5. The molecule has 0 radical (unpaired) electrons. The Labute approximate surface area is 87.4 Å². The van der Waals surface area contributed by atoms with E-state index in [0.29, 0.717) is 0 Å². The maximum absolute atomic E-state index is 5.44. The summed E-state index contributed by atoms with van der Waals surface area (Å²) in [6, 6.07) is 0. The fraction of sp³-hybridized carbons (Fsp3) is 1.00. The van der Waals surface area contributed by atoms with E-state index in [1.165, 1.54) is 38.6 Å². The van der Waals surface area contributed by atoms with Gasteiger partial charge in [-0.2, -0.15) is 0 Å². The molecule has 2 nitrogen and oxygen atoms in total. The van der Waals surface area contributed by atoms with Gasteiger partial charge < -0.3 is 10.1 Å². The van der Waals surface area contributed by atoms with Crippen LogP contribution in [0.3, 0.4) is 0 Å². The van der Waals surface area contributed by atoms with Crippen LogP contribution in [-0.4, -0.2) is 26.8 Å². The second-order valence-corrected chi connectivity index (χ2v) is 4.86. The first-order chi connectivity index (χ1) is 6.92. The van der Waals surface area contributed by atoms with Gasteiger partial charge in [0.2, 0.25) is 0 Å². The van der Waals surface area contributed by atoms with Gasteiger partial charge in [0.05, 0.1) is 0 Å². The highest BCUT2D eigenvalue weighted by Gasteiger charge is 2.33. The molecule has 2 rings (SSSR count). The van der Waals surface area contributed by atoms with E-state index in [1.54, 1.807) is 0 Å². The first-order valence-electron chi connectivity index (χ1n) is 6.14. The van der Waals surface area contributed by atoms with Gasteiger partial charge in [0.15, 0.2) is 0 Å². The van der Waals surface area contributed by atoms with Crippen LogP contribution in [0.1, 0.15) is 32.1 Å². The lowest BCUT2D eigenvalue weighted by Gasteiger charge is -2.31. The average molecular weight is 197 g/mol. The number of ether oxygens (including phenoxy) is 1. The summed E-state index contributed by atoms with van der Waals surface area (Å²) in [5.74, 6) is 2.90. The van der Waals surface area contributed by atoms with Crippen LogP contribution >= 0.6 is 0 Å². The zero-order valence-electron chi connectivity index (χ0n) is 9.30. The zero-order chi connectivity index (χ0) is 9.80. The van der Waals surface area contributed by atoms with Crippen molar-refractivity contribution in [2.75, 3.05) is 26.8 Å². The molecule has 2 fully saturated rings. The van der Waals surface area contributed by atoms with Crippen molar-refractivity contribution in [2.24, 2.45) is 17.8 Å². The van der Waals surface area contributed by atoms with Gasteiger partial charge in [0.1, 0.15) is 0 Å². The molecule has 2 aliphatic rings. The maximum Gasteiger partial charge on any atom is 0.0468 e. The van der Waals surface area contributed by atoms with Crippen LogP contribution in [0.15, 0.2) is 0 Å². The topological polar surface area (TPSA) is 21.3 Å². The summed E-state index contributed by atoms with van der Waals surface area (Å²) >= 11 is 0. The summed E-state index contributed by atoms with van der Waals surface area (Å²) < 4.78 is 5.44. The Morgan fingerprint density at radius 1 is 1.14 bits per heavy atom. The zero-order valence-corrected chi connectivity index (χ0v) is 9.30. The fourth-order valence-electron chi connectivity index (χ4n) is 3.35. The lowest BCUT2D eigenvalue weighted by Crippen LogP contribution is -2.30. The van der Waals surface area contributed by atoms with E-state index in [0.717, 1.165) is 31.0 Å². The normalized spacial score (nSPS) is 34.9. The molecule has 0 spiro atoms. The van der Waals surface area contributed by atoms with E-state index in [1.807, 2.05) is 0 Å². The average Bonchev–Trinajstić information content (AvgIpc) is 2.68. The van der Waals surface area contributed by atoms with Crippen molar-refractivity contribution in [3.05, 3.63) is 0 Å². The second-order valence-electron chi connectivity index (χ2n) is 4.86. The minimum Gasteiger partial charge on any atom is -0.381 e. The third-order valence-electron chi connectivity index (χ3n) is 4.06. The molecule has 0 aromatic rings. The van der Waals surface area contributed by atoms with E-state index in [9.17, 15) is 0 Å². The predicted molar refractivity (Wildman–Crippen MR) is 58.3 cm³/mol. The molecule has 2 unspecified atom stereocenters. The van der Waals surface area contributed by atoms with E-state index in [2.05, 4.69) is 12.4 Å². The van der Waals surface area contributed by atoms with Crippen LogP contribution in [0.5, 0.6) is 0 Å². The van der Waals surface area contributed by atoms with Crippen molar-refractivity contribution in [3.8, 4) is 0 Å². The van der Waals surface area contributed by atoms with Gasteiger partial charge >= 0.3 is 0 Å². The number of nitrogens with one attached hydrogen (secondary N) is 1. The lowest BCUT2D eigenvalue weighted by molar-refractivity contribution is 0.0392. The van der Waals surface area contributed by atoms with E-state index in [-0.39, 0.29) is 0 Å². The Kier molecular flexibility index (Phi) is 3.82. The van der Waals surface area contributed by atoms with Crippen LogP contribution in [-0.2, 0) is 4.74 Å². The van der Waals surface area contributed by atoms with Crippen molar-refractivity contribution in [3.63, 3.8) is 0 Å². The van der Waals surface area contributed by atoms with Crippen LogP contribution in [0.2, 0.25) is 0 Å². The summed E-state index contributed by atoms with van der Waals surface area (Å²) in [6.45, 7) is 3.24. The number of rotatable bonds is 3. The van der Waals surface area contributed by atoms with Gasteiger partial charge in [-0.1, -0.05) is 6.42 Å². The smallest absolute Gasteiger partial charge is 0.0468 e. The van der Waals surface area contributed by atoms with Crippen molar-refractivity contribution < 1.29 is 4.74 Å². The third-order valence-corrected chi connectivity index (χ3v) is 4.06. The molecule has 0 amide bonds. The van der Waals surface area contributed by atoms with Crippen LogP contribution in [0, 0.1) is 17.8 Å². The first kappa shape index (κ1) is 10.4. The Morgan fingerprint density at radius 3 is 2.64 bits per heavy atom. The predicted octanol–water partition coefficient (Wildman–Crippen LogP) is 2.05. The van der Waals surface area contributed by atoms with Gasteiger partial charge in [0, 0.05) is 13.2 Å². The Hall–Kier alpha value is -0.0800. The minimum atomic E-state index is 0.947. The van der Waals surface area contributed by atoms with Gasteiger partial charge in [-0.15, -0.1) is 0 Å². The molecule has 2 atom stereocenters. The Morgan fingerprint density at radius 2 is 1.93 bits per heavy atom. The summed E-state index contributed by atoms with van der Waals surface area (Å²) in [6.07, 6.45) is 6.99. The molecule has 82 valence electrons. The SMILES string of the molecule is CNCC1CCCC1C1CCOCC1. The van der Waals surface area contributed by atoms with Crippen LogP contribution in [0.4, 0.5) is 0 Å². The van der Waals surface area contributed by atoms with Gasteiger partial charge in [-0.25, -0.2) is 0 Å². The molecule has 0 bridgehead atoms. The van der Waals surface area contributed by atoms with E-state index >= 15 is 0 Å². The molecular formula is C12H23NO. The van der Waals surface area contributed by atoms with E-state index in [4.69, 9.17) is 4.74 Å². The van der Waals surface area contributed by atoms with Gasteiger partial charge in [-0.05, 0) is 57.0 Å². The second kappa shape index (κ2) is 5.13. The van der Waals surface area contributed by atoms with Crippen molar-refractivity contribution >= 4 is 0 Å². The van der Waals surface area contributed by atoms with Crippen molar-refractivity contribution in [1.82, 2.24) is 5.32 Å². The number of hydrogen-bond acceptors (Lipinski definition) is 2. The molecule has 0 aromatic heterocycles. The molecule has 1 aliphatic carbocycles. The highest BCUT2D eigenvalue weighted by molar-refractivity contribution is 4.84. The Balaban J connectivity index is 1.87. The number of hydrogen-bond donors (Lipinski definition) is 1. The minimum absolute atomic E-state index is 0.947. The van der Waals surface area contributed by atoms with Gasteiger partial charge in [-0.3, -0.25) is 0 Å². The Bertz CT molecular complexity index is 166. The fourth-order valence-corrected chi connectivity index (χ4v) is 3.35. The standard InChI is InChI=1S/C12H23NO/c1-13-9-11-3-2-4-12(11)10-5-7-14-8-6-10/h10-13H,2-9H2,1H3. The summed E-state index contributed by atoms with van der Waals surface area (Å²) in [5.41, 5.74) is 0. The summed E-state index contributed by atoms with van der Waals surface area (Å²) in [4.78, 5) is 0. The maximum atomic E-state index is 5.44. The first-order valence-corrected chi connectivity index (χ1v) is 6.14.